The number of hydrogen-bond acceptors (Lipinski definition) is 4. The average Bonchev–Trinajstić information content (AvgIpc) is 3.05. The molecule has 0 radical (unpaired) electrons. The summed E-state index contributed by atoms with van der Waals surface area (Å²) in [7, 11) is 1.78. The van der Waals surface area contributed by atoms with Crippen LogP contribution in [-0.4, -0.2) is 30.4 Å². The maximum Gasteiger partial charge on any atom is 0.315 e. The Morgan fingerprint density at radius 1 is 1.27 bits per heavy atom. The predicted molar refractivity (Wildman–Crippen MR) is 80.0 cm³/mol. The molecule has 0 unspecified atom stereocenters. The second-order valence-electron chi connectivity index (χ2n) is 4.96. The lowest BCUT2D eigenvalue weighted by Gasteiger charge is -2.08. The minimum Gasteiger partial charge on any atom is -0.332 e. The number of fused-ring (bicyclic) bond motifs is 1. The second kappa shape index (κ2) is 5.84. The molecule has 2 amide bonds. The molecule has 0 saturated heterocycles. The first-order chi connectivity index (χ1) is 10.6. The number of nitrogens with one attached hydrogen (secondary N) is 2. The maximum atomic E-state index is 11.9. The van der Waals surface area contributed by atoms with Crippen molar-refractivity contribution in [3.05, 3.63) is 47.7 Å². The monoisotopic (exact) mass is 299 g/mol. The number of carbonyl (C=O) groups is 1. The summed E-state index contributed by atoms with van der Waals surface area (Å²) in [6.07, 6.45) is 3.56. The molecule has 0 spiro atoms. The largest absolute Gasteiger partial charge is 0.332 e. The Kier molecular flexibility index (Phi) is 3.73. The van der Waals surface area contributed by atoms with Gasteiger partial charge in [-0.3, -0.25) is 4.68 Å². The van der Waals surface area contributed by atoms with Crippen molar-refractivity contribution in [2.45, 2.75) is 20.0 Å². The SMILES string of the molecule is Cc1nc2ccccn2c1CNC(=O)NCc1cnnn1C. The van der Waals surface area contributed by atoms with Gasteiger partial charge in [-0.15, -0.1) is 5.10 Å². The molecule has 0 atom stereocenters. The van der Waals surface area contributed by atoms with Crippen molar-refractivity contribution in [2.24, 2.45) is 7.05 Å². The number of imidazole rings is 1. The molecule has 0 bridgehead atoms. The van der Waals surface area contributed by atoms with E-state index in [4.69, 9.17) is 0 Å². The Balaban J connectivity index is 1.60. The van der Waals surface area contributed by atoms with E-state index in [-0.39, 0.29) is 6.03 Å². The van der Waals surface area contributed by atoms with Crippen molar-refractivity contribution in [2.75, 3.05) is 0 Å². The molecule has 3 aromatic rings. The molecule has 22 heavy (non-hydrogen) atoms. The van der Waals surface area contributed by atoms with E-state index in [1.807, 2.05) is 35.7 Å². The quantitative estimate of drug-likeness (QED) is 0.744. The Labute approximate surface area is 127 Å². The van der Waals surface area contributed by atoms with Crippen LogP contribution in [-0.2, 0) is 20.1 Å². The molecule has 3 aromatic heterocycles. The summed E-state index contributed by atoms with van der Waals surface area (Å²) in [6.45, 7) is 2.72. The molecule has 0 aliphatic heterocycles. The van der Waals surface area contributed by atoms with E-state index in [1.165, 1.54) is 0 Å². The number of urea groups is 1. The molecule has 8 heteroatoms. The highest BCUT2D eigenvalue weighted by atomic mass is 16.2. The topological polar surface area (TPSA) is 89.1 Å². The number of nitrogens with zero attached hydrogens (tertiary/aromatic N) is 5. The van der Waals surface area contributed by atoms with Gasteiger partial charge in [0.25, 0.3) is 0 Å². The average molecular weight is 299 g/mol. The molecular formula is C14H17N7O. The molecular weight excluding hydrogens is 282 g/mol. The van der Waals surface area contributed by atoms with Gasteiger partial charge < -0.3 is 15.0 Å². The minimum absolute atomic E-state index is 0.244. The maximum absolute atomic E-state index is 11.9. The van der Waals surface area contributed by atoms with Gasteiger partial charge in [0.1, 0.15) is 5.65 Å². The molecule has 8 nitrogen and oxygen atoms in total. The van der Waals surface area contributed by atoms with Gasteiger partial charge in [-0.1, -0.05) is 11.3 Å². The highest BCUT2D eigenvalue weighted by molar-refractivity contribution is 5.73. The van der Waals surface area contributed by atoms with Crippen LogP contribution < -0.4 is 10.6 Å². The fourth-order valence-corrected chi connectivity index (χ4v) is 2.25. The van der Waals surface area contributed by atoms with E-state index in [0.29, 0.717) is 13.1 Å². The third-order valence-corrected chi connectivity index (χ3v) is 3.48. The smallest absolute Gasteiger partial charge is 0.315 e. The minimum atomic E-state index is -0.244. The van der Waals surface area contributed by atoms with Gasteiger partial charge in [-0.25, -0.2) is 9.78 Å². The number of hydrogen-bond donors (Lipinski definition) is 2. The molecule has 0 saturated carbocycles. The van der Waals surface area contributed by atoms with Crippen molar-refractivity contribution >= 4 is 11.7 Å². The van der Waals surface area contributed by atoms with Crippen LogP contribution in [0.3, 0.4) is 0 Å². The normalized spacial score (nSPS) is 10.8. The summed E-state index contributed by atoms with van der Waals surface area (Å²) < 4.78 is 3.59. The van der Waals surface area contributed by atoms with Crippen molar-refractivity contribution in [3.8, 4) is 0 Å². The van der Waals surface area contributed by atoms with E-state index in [0.717, 1.165) is 22.7 Å². The van der Waals surface area contributed by atoms with E-state index < -0.39 is 0 Å². The van der Waals surface area contributed by atoms with E-state index in [2.05, 4.69) is 25.9 Å². The highest BCUT2D eigenvalue weighted by Crippen LogP contribution is 2.11. The lowest BCUT2D eigenvalue weighted by Crippen LogP contribution is -2.35. The van der Waals surface area contributed by atoms with Gasteiger partial charge in [0, 0.05) is 13.2 Å². The zero-order chi connectivity index (χ0) is 15.5. The second-order valence-corrected chi connectivity index (χ2v) is 4.96. The fraction of sp³-hybridized carbons (Fsp3) is 0.286. The van der Waals surface area contributed by atoms with Crippen molar-refractivity contribution in [3.63, 3.8) is 0 Å². The molecule has 0 fully saturated rings. The van der Waals surface area contributed by atoms with Gasteiger partial charge >= 0.3 is 6.03 Å². The molecule has 0 aromatic carbocycles. The van der Waals surface area contributed by atoms with Gasteiger partial charge in [0.05, 0.1) is 36.4 Å². The number of rotatable bonds is 4. The summed E-state index contributed by atoms with van der Waals surface area (Å²) in [4.78, 5) is 16.4. The third kappa shape index (κ3) is 2.76. The molecule has 0 aliphatic carbocycles. The molecule has 2 N–H and O–H groups in total. The number of amides is 2. The summed E-state index contributed by atoms with van der Waals surface area (Å²) in [5.41, 5.74) is 3.58. The Bertz CT molecular complexity index is 804. The first-order valence-corrected chi connectivity index (χ1v) is 6.93. The van der Waals surface area contributed by atoms with Crippen LogP contribution in [0.4, 0.5) is 4.79 Å². The summed E-state index contributed by atoms with van der Waals surface area (Å²) in [6, 6.07) is 5.57. The van der Waals surface area contributed by atoms with E-state index in [9.17, 15) is 4.79 Å². The first-order valence-electron chi connectivity index (χ1n) is 6.93. The summed E-state index contributed by atoms with van der Waals surface area (Å²) in [5, 5.41) is 13.2. The van der Waals surface area contributed by atoms with Gasteiger partial charge in [-0.05, 0) is 19.1 Å². The van der Waals surface area contributed by atoms with Crippen molar-refractivity contribution < 1.29 is 4.79 Å². The lowest BCUT2D eigenvalue weighted by molar-refractivity contribution is 0.239. The molecule has 3 rings (SSSR count). The van der Waals surface area contributed by atoms with Crippen LogP contribution in [0.2, 0.25) is 0 Å². The summed E-state index contributed by atoms with van der Waals surface area (Å²) >= 11 is 0. The van der Waals surface area contributed by atoms with E-state index >= 15 is 0 Å². The molecule has 3 heterocycles. The highest BCUT2D eigenvalue weighted by Gasteiger charge is 2.09. The standard InChI is InChI=1S/C14H17N7O/c1-10-12(21-6-4-3-5-13(21)18-10)9-16-14(22)15-7-11-8-17-19-20(11)2/h3-6,8H,7,9H2,1-2H3,(H2,15,16,22). The number of aromatic nitrogens is 5. The number of carbonyl (C=O) groups excluding carboxylic acids is 1. The van der Waals surface area contributed by atoms with Crippen LogP contribution in [0.1, 0.15) is 17.1 Å². The summed E-state index contributed by atoms with van der Waals surface area (Å²) in [5.74, 6) is 0. The number of pyridine rings is 1. The fourth-order valence-electron chi connectivity index (χ4n) is 2.25. The Hall–Kier alpha value is -2.90. The van der Waals surface area contributed by atoms with Crippen LogP contribution in [0.25, 0.3) is 5.65 Å². The van der Waals surface area contributed by atoms with Gasteiger partial charge in [0.2, 0.25) is 0 Å². The zero-order valence-corrected chi connectivity index (χ0v) is 12.4. The van der Waals surface area contributed by atoms with Crippen LogP contribution in [0.5, 0.6) is 0 Å². The molecule has 114 valence electrons. The lowest BCUT2D eigenvalue weighted by atomic mass is 10.3. The van der Waals surface area contributed by atoms with Gasteiger partial charge in [-0.2, -0.15) is 0 Å². The Morgan fingerprint density at radius 2 is 2.09 bits per heavy atom. The van der Waals surface area contributed by atoms with E-state index in [1.54, 1.807) is 17.9 Å². The molecule has 0 aliphatic rings. The van der Waals surface area contributed by atoms with Crippen LogP contribution in [0.15, 0.2) is 30.6 Å². The first kappa shape index (κ1) is 14.1. The van der Waals surface area contributed by atoms with Crippen LogP contribution >= 0.6 is 0 Å². The zero-order valence-electron chi connectivity index (χ0n) is 12.4. The number of aryl methyl sites for hydroxylation is 2. The van der Waals surface area contributed by atoms with Gasteiger partial charge in [0.15, 0.2) is 0 Å². The van der Waals surface area contributed by atoms with Crippen molar-refractivity contribution in [1.82, 2.24) is 35.0 Å². The Morgan fingerprint density at radius 3 is 2.86 bits per heavy atom. The third-order valence-electron chi connectivity index (χ3n) is 3.48. The van der Waals surface area contributed by atoms with Crippen LogP contribution in [0, 0.1) is 6.92 Å². The predicted octanol–water partition coefficient (Wildman–Crippen LogP) is 0.771. The van der Waals surface area contributed by atoms with Crippen molar-refractivity contribution in [1.29, 1.82) is 0 Å².